The Labute approximate surface area is 125 Å². The quantitative estimate of drug-likeness (QED) is 0.881. The molecule has 0 amide bonds. The zero-order valence-corrected chi connectivity index (χ0v) is 12.7. The van der Waals surface area contributed by atoms with Gasteiger partial charge in [-0.25, -0.2) is 4.39 Å². The average molecular weight is 288 g/mol. The summed E-state index contributed by atoms with van der Waals surface area (Å²) in [5.41, 5.74) is 3.17. The Morgan fingerprint density at radius 1 is 1.33 bits per heavy atom. The molecule has 2 aromatic rings. The molecule has 1 aromatic heterocycles. The number of nitrogens with zero attached hydrogens (tertiary/aromatic N) is 1. The van der Waals surface area contributed by atoms with Crippen LogP contribution in [-0.2, 0) is 13.0 Å². The number of hydrogen-bond donors (Lipinski definition) is 1. The molecule has 0 saturated heterocycles. The second-order valence-electron chi connectivity index (χ2n) is 4.96. The van der Waals surface area contributed by atoms with Gasteiger partial charge in [-0.3, -0.25) is 4.98 Å². The van der Waals surface area contributed by atoms with Gasteiger partial charge in [-0.05, 0) is 42.7 Å². The lowest BCUT2D eigenvalue weighted by molar-refractivity contribution is 0.385. The van der Waals surface area contributed by atoms with Crippen molar-refractivity contribution in [2.24, 2.45) is 0 Å². The van der Waals surface area contributed by atoms with Crippen LogP contribution in [0.4, 0.5) is 4.39 Å². The summed E-state index contributed by atoms with van der Waals surface area (Å²) in [6.45, 7) is 4.79. The summed E-state index contributed by atoms with van der Waals surface area (Å²) in [5, 5.41) is 3.38. The summed E-state index contributed by atoms with van der Waals surface area (Å²) in [6, 6.07) is 9.11. The van der Waals surface area contributed by atoms with Crippen molar-refractivity contribution < 1.29 is 9.13 Å². The lowest BCUT2D eigenvalue weighted by Gasteiger charge is -2.16. The molecule has 1 N–H and O–H groups in total. The fourth-order valence-corrected chi connectivity index (χ4v) is 2.27. The van der Waals surface area contributed by atoms with E-state index in [4.69, 9.17) is 4.74 Å². The molecule has 3 nitrogen and oxygen atoms in total. The summed E-state index contributed by atoms with van der Waals surface area (Å²) in [7, 11) is 1.47. The van der Waals surface area contributed by atoms with Crippen molar-refractivity contribution in [1.29, 1.82) is 0 Å². The molecule has 1 heterocycles. The molecular formula is C17H21FN2O. The van der Waals surface area contributed by atoms with Crippen molar-refractivity contribution >= 4 is 0 Å². The number of methoxy groups -OCH3 is 1. The number of nitrogens with one attached hydrogen (secondary N) is 1. The predicted molar refractivity (Wildman–Crippen MR) is 81.8 cm³/mol. The first-order chi connectivity index (χ1) is 10.2. The van der Waals surface area contributed by atoms with E-state index in [0.717, 1.165) is 17.7 Å². The first-order valence-corrected chi connectivity index (χ1v) is 7.15. The van der Waals surface area contributed by atoms with Gasteiger partial charge in [0.2, 0.25) is 0 Å². The van der Waals surface area contributed by atoms with Crippen LogP contribution in [-0.4, -0.2) is 12.1 Å². The van der Waals surface area contributed by atoms with Crippen LogP contribution in [0.15, 0.2) is 36.5 Å². The van der Waals surface area contributed by atoms with Gasteiger partial charge in [-0.2, -0.15) is 0 Å². The van der Waals surface area contributed by atoms with Crippen molar-refractivity contribution in [2.45, 2.75) is 32.9 Å². The topological polar surface area (TPSA) is 34.2 Å². The number of benzene rings is 1. The summed E-state index contributed by atoms with van der Waals surface area (Å²) in [6.07, 6.45) is 2.75. The van der Waals surface area contributed by atoms with E-state index in [1.807, 2.05) is 19.1 Å². The lowest BCUT2D eigenvalue weighted by Crippen LogP contribution is -2.19. The van der Waals surface area contributed by atoms with Crippen LogP contribution in [0, 0.1) is 5.82 Å². The maximum absolute atomic E-state index is 13.7. The molecule has 21 heavy (non-hydrogen) atoms. The minimum atomic E-state index is -0.337. The molecular weight excluding hydrogens is 267 g/mol. The van der Waals surface area contributed by atoms with E-state index in [1.54, 1.807) is 12.3 Å². The van der Waals surface area contributed by atoms with E-state index in [-0.39, 0.29) is 17.6 Å². The Morgan fingerprint density at radius 2 is 2.14 bits per heavy atom. The van der Waals surface area contributed by atoms with E-state index in [9.17, 15) is 4.39 Å². The van der Waals surface area contributed by atoms with Crippen LogP contribution in [0.25, 0.3) is 0 Å². The molecule has 0 aliphatic rings. The number of rotatable bonds is 6. The average Bonchev–Trinajstić information content (AvgIpc) is 2.52. The molecule has 1 aromatic carbocycles. The second kappa shape index (κ2) is 7.18. The number of hydrogen-bond acceptors (Lipinski definition) is 3. The monoisotopic (exact) mass is 288 g/mol. The van der Waals surface area contributed by atoms with Crippen LogP contribution < -0.4 is 10.1 Å². The van der Waals surface area contributed by atoms with Gasteiger partial charge in [0.1, 0.15) is 0 Å². The number of ether oxygens (including phenoxy) is 1. The van der Waals surface area contributed by atoms with Gasteiger partial charge in [-0.1, -0.05) is 19.1 Å². The molecule has 4 heteroatoms. The standard InChI is InChI=1S/C17H21FN2O/c1-4-13-6-5-9-19-16(13)11-20-12(2)14-7-8-17(21-3)15(18)10-14/h5-10,12,20H,4,11H2,1-3H3. The van der Waals surface area contributed by atoms with Crippen molar-refractivity contribution in [1.82, 2.24) is 10.3 Å². The summed E-state index contributed by atoms with van der Waals surface area (Å²) < 4.78 is 18.7. The molecule has 0 aliphatic heterocycles. The van der Waals surface area contributed by atoms with Gasteiger partial charge >= 0.3 is 0 Å². The molecule has 0 spiro atoms. The highest BCUT2D eigenvalue weighted by Gasteiger charge is 2.10. The number of pyridine rings is 1. The van der Waals surface area contributed by atoms with Crippen molar-refractivity contribution in [3.05, 3.63) is 59.2 Å². The third-order valence-corrected chi connectivity index (χ3v) is 3.62. The zero-order chi connectivity index (χ0) is 15.2. The molecule has 0 aliphatic carbocycles. The van der Waals surface area contributed by atoms with E-state index in [0.29, 0.717) is 6.54 Å². The Balaban J connectivity index is 2.04. The van der Waals surface area contributed by atoms with E-state index in [2.05, 4.69) is 23.3 Å². The van der Waals surface area contributed by atoms with Crippen LogP contribution in [0.2, 0.25) is 0 Å². The third-order valence-electron chi connectivity index (χ3n) is 3.62. The van der Waals surface area contributed by atoms with E-state index >= 15 is 0 Å². The molecule has 0 saturated carbocycles. The van der Waals surface area contributed by atoms with Crippen molar-refractivity contribution in [2.75, 3.05) is 7.11 Å². The molecule has 0 bridgehead atoms. The first kappa shape index (κ1) is 15.4. The molecule has 0 fully saturated rings. The van der Waals surface area contributed by atoms with Crippen molar-refractivity contribution in [3.8, 4) is 5.75 Å². The summed E-state index contributed by atoms with van der Waals surface area (Å²) >= 11 is 0. The maximum Gasteiger partial charge on any atom is 0.165 e. The van der Waals surface area contributed by atoms with Gasteiger partial charge < -0.3 is 10.1 Å². The largest absolute Gasteiger partial charge is 0.494 e. The van der Waals surface area contributed by atoms with Crippen LogP contribution in [0.3, 0.4) is 0 Å². The van der Waals surface area contributed by atoms with Crippen molar-refractivity contribution in [3.63, 3.8) is 0 Å². The molecule has 0 radical (unpaired) electrons. The third kappa shape index (κ3) is 3.79. The predicted octanol–water partition coefficient (Wildman–Crippen LogP) is 3.64. The minimum Gasteiger partial charge on any atom is -0.494 e. The second-order valence-corrected chi connectivity index (χ2v) is 4.96. The van der Waals surface area contributed by atoms with Crippen LogP contribution in [0.5, 0.6) is 5.75 Å². The fraction of sp³-hybridized carbons (Fsp3) is 0.353. The lowest BCUT2D eigenvalue weighted by atomic mass is 10.1. The fourth-order valence-electron chi connectivity index (χ4n) is 2.27. The summed E-state index contributed by atoms with van der Waals surface area (Å²) in [5.74, 6) is -0.0697. The Bertz CT molecular complexity index is 601. The van der Waals surface area contributed by atoms with Crippen LogP contribution >= 0.6 is 0 Å². The van der Waals surface area contributed by atoms with Gasteiger partial charge in [-0.15, -0.1) is 0 Å². The highest BCUT2D eigenvalue weighted by Crippen LogP contribution is 2.22. The summed E-state index contributed by atoms with van der Waals surface area (Å²) in [4.78, 5) is 4.40. The van der Waals surface area contributed by atoms with E-state index in [1.165, 1.54) is 18.7 Å². The number of aryl methyl sites for hydroxylation is 1. The van der Waals surface area contributed by atoms with Gasteiger partial charge in [0.05, 0.1) is 12.8 Å². The Kier molecular flexibility index (Phi) is 5.28. The number of aromatic nitrogens is 1. The van der Waals surface area contributed by atoms with Crippen LogP contribution in [0.1, 0.15) is 36.7 Å². The zero-order valence-electron chi connectivity index (χ0n) is 12.7. The first-order valence-electron chi connectivity index (χ1n) is 7.15. The smallest absolute Gasteiger partial charge is 0.165 e. The SMILES string of the molecule is CCc1cccnc1CNC(C)c1ccc(OC)c(F)c1. The Morgan fingerprint density at radius 3 is 2.81 bits per heavy atom. The van der Waals surface area contributed by atoms with Gasteiger partial charge in [0, 0.05) is 18.8 Å². The number of halogens is 1. The molecule has 112 valence electrons. The van der Waals surface area contributed by atoms with Gasteiger partial charge in [0.15, 0.2) is 11.6 Å². The minimum absolute atomic E-state index is 0.0390. The molecule has 1 unspecified atom stereocenters. The highest BCUT2D eigenvalue weighted by molar-refractivity contribution is 5.31. The maximum atomic E-state index is 13.7. The molecule has 2 rings (SSSR count). The molecule has 1 atom stereocenters. The highest BCUT2D eigenvalue weighted by atomic mass is 19.1. The normalized spacial score (nSPS) is 12.2. The van der Waals surface area contributed by atoms with E-state index < -0.39 is 0 Å². The van der Waals surface area contributed by atoms with Gasteiger partial charge in [0.25, 0.3) is 0 Å². The Hall–Kier alpha value is -1.94.